The highest BCUT2D eigenvalue weighted by Crippen LogP contribution is 2.39. The zero-order valence-corrected chi connectivity index (χ0v) is 18.2. The topological polar surface area (TPSA) is 85.0 Å². The van der Waals surface area contributed by atoms with Crippen LogP contribution in [-0.2, 0) is 11.2 Å². The molecule has 9 heteroatoms. The van der Waals surface area contributed by atoms with Gasteiger partial charge in [-0.2, -0.15) is 4.98 Å². The van der Waals surface area contributed by atoms with Crippen LogP contribution in [0.2, 0.25) is 0 Å². The highest BCUT2D eigenvalue weighted by atomic mass is 33.1. The molecule has 2 saturated heterocycles. The third kappa shape index (κ3) is 5.94. The van der Waals surface area contributed by atoms with Crippen LogP contribution in [0.4, 0.5) is 0 Å². The van der Waals surface area contributed by atoms with Gasteiger partial charge in [0.15, 0.2) is 0 Å². The first-order valence-electron chi connectivity index (χ1n) is 10.4. The number of nitrogens with zero attached hydrogens (tertiary/aromatic N) is 5. The maximum atomic E-state index is 12.6. The SMILES string of the molecule is O=C(CCCC[C@H]1CCSS1)N1CCC[C@H](Cc2nc(-c3cnccn3)no2)C1. The quantitative estimate of drug-likeness (QED) is 0.456. The summed E-state index contributed by atoms with van der Waals surface area (Å²) in [4.78, 5) is 27.4. The highest BCUT2D eigenvalue weighted by Gasteiger charge is 2.25. The van der Waals surface area contributed by atoms with Crippen molar-refractivity contribution in [2.24, 2.45) is 5.92 Å². The minimum absolute atomic E-state index is 0.300. The Kier molecular flexibility index (Phi) is 7.43. The standard InChI is InChI=1S/C20H27N5O2S2/c26-19(6-2-1-5-16-7-11-28-29-16)25-10-3-4-15(14-25)12-18-23-20(24-27-18)17-13-21-8-9-22-17/h8-9,13,15-16H,1-7,10-12,14H2/t15-,16+/m1/s1. The van der Waals surface area contributed by atoms with E-state index in [0.29, 0.717) is 42.1 Å². The maximum Gasteiger partial charge on any atom is 0.227 e. The van der Waals surface area contributed by atoms with Crippen LogP contribution in [0.15, 0.2) is 23.1 Å². The third-order valence-electron chi connectivity index (χ3n) is 5.49. The fourth-order valence-corrected chi connectivity index (χ4v) is 6.96. The van der Waals surface area contributed by atoms with Gasteiger partial charge in [0.1, 0.15) is 5.69 Å². The number of aromatic nitrogens is 4. The summed E-state index contributed by atoms with van der Waals surface area (Å²) >= 11 is 0. The Labute approximate surface area is 179 Å². The van der Waals surface area contributed by atoms with Gasteiger partial charge in [-0.25, -0.2) is 4.98 Å². The van der Waals surface area contributed by atoms with E-state index in [2.05, 4.69) is 20.1 Å². The summed E-state index contributed by atoms with van der Waals surface area (Å²) in [6.07, 6.45) is 13.1. The number of likely N-dealkylation sites (tertiary alicyclic amines) is 1. The lowest BCUT2D eigenvalue weighted by atomic mass is 9.94. The van der Waals surface area contributed by atoms with E-state index in [9.17, 15) is 4.79 Å². The number of unbranched alkanes of at least 4 members (excludes halogenated alkanes) is 1. The molecule has 156 valence electrons. The summed E-state index contributed by atoms with van der Waals surface area (Å²) in [6, 6.07) is 0. The van der Waals surface area contributed by atoms with Crippen LogP contribution in [0.3, 0.4) is 0 Å². The van der Waals surface area contributed by atoms with Gasteiger partial charge in [-0.15, -0.1) is 0 Å². The Balaban J connectivity index is 1.22. The molecule has 4 heterocycles. The van der Waals surface area contributed by atoms with E-state index in [-0.39, 0.29) is 0 Å². The lowest BCUT2D eigenvalue weighted by Gasteiger charge is -2.32. The maximum absolute atomic E-state index is 12.6. The average molecular weight is 434 g/mol. The predicted octanol–water partition coefficient (Wildman–Crippen LogP) is 4.02. The Bertz CT molecular complexity index is 782. The van der Waals surface area contributed by atoms with Crippen LogP contribution in [0.5, 0.6) is 0 Å². The van der Waals surface area contributed by atoms with E-state index in [1.54, 1.807) is 18.6 Å². The van der Waals surface area contributed by atoms with Crippen molar-refractivity contribution in [1.82, 2.24) is 25.0 Å². The molecule has 29 heavy (non-hydrogen) atoms. The number of piperidine rings is 1. The monoisotopic (exact) mass is 433 g/mol. The molecule has 0 unspecified atom stereocenters. The molecule has 4 rings (SSSR count). The predicted molar refractivity (Wildman–Crippen MR) is 115 cm³/mol. The number of hydrogen-bond acceptors (Lipinski definition) is 8. The van der Waals surface area contributed by atoms with E-state index in [1.165, 1.54) is 18.6 Å². The number of carbonyl (C=O) groups excluding carboxylic acids is 1. The summed E-state index contributed by atoms with van der Waals surface area (Å²) in [6.45, 7) is 1.66. The van der Waals surface area contributed by atoms with E-state index in [4.69, 9.17) is 4.52 Å². The van der Waals surface area contributed by atoms with Gasteiger partial charge in [-0.05, 0) is 38.0 Å². The van der Waals surface area contributed by atoms with Crippen LogP contribution in [-0.4, -0.2) is 55.0 Å². The van der Waals surface area contributed by atoms with Gasteiger partial charge in [-0.3, -0.25) is 9.78 Å². The molecule has 0 aliphatic carbocycles. The molecule has 2 aromatic heterocycles. The van der Waals surface area contributed by atoms with Gasteiger partial charge in [0.2, 0.25) is 17.6 Å². The van der Waals surface area contributed by atoms with Gasteiger partial charge < -0.3 is 9.42 Å². The van der Waals surface area contributed by atoms with Crippen LogP contribution in [0.1, 0.15) is 50.8 Å². The molecular formula is C20H27N5O2S2. The molecule has 1 amide bonds. The molecule has 2 aromatic rings. The average Bonchev–Trinajstić information content (AvgIpc) is 3.44. The van der Waals surface area contributed by atoms with Gasteiger partial charge in [-0.1, -0.05) is 33.2 Å². The van der Waals surface area contributed by atoms with E-state index in [1.807, 2.05) is 26.5 Å². The summed E-state index contributed by atoms with van der Waals surface area (Å²) < 4.78 is 5.41. The van der Waals surface area contributed by atoms with Gasteiger partial charge in [0.25, 0.3) is 0 Å². The highest BCUT2D eigenvalue weighted by molar-refractivity contribution is 8.77. The number of carbonyl (C=O) groups is 1. The van der Waals surface area contributed by atoms with Crippen LogP contribution >= 0.6 is 21.6 Å². The molecule has 0 spiro atoms. The fourth-order valence-electron chi connectivity index (χ4n) is 3.93. The van der Waals surface area contributed by atoms with E-state index >= 15 is 0 Å². The van der Waals surface area contributed by atoms with Crippen molar-refractivity contribution in [3.05, 3.63) is 24.5 Å². The van der Waals surface area contributed by atoms with E-state index < -0.39 is 0 Å². The number of amides is 1. The normalized spacial score (nSPS) is 22.1. The lowest BCUT2D eigenvalue weighted by Crippen LogP contribution is -2.40. The summed E-state index contributed by atoms with van der Waals surface area (Å²) in [5.74, 6) is 3.03. The van der Waals surface area contributed by atoms with E-state index in [0.717, 1.165) is 44.0 Å². The zero-order valence-electron chi connectivity index (χ0n) is 16.5. The zero-order chi connectivity index (χ0) is 19.9. The molecular weight excluding hydrogens is 406 g/mol. The number of rotatable bonds is 8. The smallest absolute Gasteiger partial charge is 0.227 e. The Morgan fingerprint density at radius 3 is 3.07 bits per heavy atom. The number of hydrogen-bond donors (Lipinski definition) is 0. The molecule has 0 aromatic carbocycles. The van der Waals surface area contributed by atoms with Crippen LogP contribution < -0.4 is 0 Å². The second kappa shape index (κ2) is 10.4. The lowest BCUT2D eigenvalue weighted by molar-refractivity contribution is -0.133. The van der Waals surface area contributed by atoms with Crippen molar-refractivity contribution in [1.29, 1.82) is 0 Å². The van der Waals surface area contributed by atoms with Crippen molar-refractivity contribution < 1.29 is 9.32 Å². The van der Waals surface area contributed by atoms with Crippen molar-refractivity contribution in [3.63, 3.8) is 0 Å². The van der Waals surface area contributed by atoms with Gasteiger partial charge in [0.05, 0.1) is 6.20 Å². The summed E-state index contributed by atoms with van der Waals surface area (Å²) in [7, 11) is 4.01. The molecule has 2 aliphatic rings. The van der Waals surface area contributed by atoms with Crippen molar-refractivity contribution in [2.75, 3.05) is 18.8 Å². The molecule has 0 radical (unpaired) electrons. The molecule has 0 N–H and O–H groups in total. The van der Waals surface area contributed by atoms with Crippen LogP contribution in [0.25, 0.3) is 11.5 Å². The molecule has 7 nitrogen and oxygen atoms in total. The fraction of sp³-hybridized carbons (Fsp3) is 0.650. The van der Waals surface area contributed by atoms with Crippen molar-refractivity contribution in [2.45, 2.75) is 56.6 Å². The molecule has 2 atom stereocenters. The summed E-state index contributed by atoms with van der Waals surface area (Å²) in [5.41, 5.74) is 0.609. The summed E-state index contributed by atoms with van der Waals surface area (Å²) in [5, 5.41) is 4.82. The second-order valence-electron chi connectivity index (χ2n) is 7.73. The van der Waals surface area contributed by atoms with Gasteiger partial charge in [0, 0.05) is 49.3 Å². The second-order valence-corrected chi connectivity index (χ2v) is 10.5. The van der Waals surface area contributed by atoms with Crippen molar-refractivity contribution in [3.8, 4) is 11.5 Å². The molecule has 2 fully saturated rings. The Hall–Kier alpha value is -1.61. The largest absolute Gasteiger partial charge is 0.342 e. The first kappa shape index (κ1) is 20.7. The minimum atomic E-state index is 0.300. The van der Waals surface area contributed by atoms with Gasteiger partial charge >= 0.3 is 0 Å². The Morgan fingerprint density at radius 1 is 1.28 bits per heavy atom. The molecule has 0 bridgehead atoms. The first-order valence-corrected chi connectivity index (χ1v) is 12.8. The Morgan fingerprint density at radius 2 is 2.24 bits per heavy atom. The first-order chi connectivity index (χ1) is 14.3. The third-order valence-corrected chi connectivity index (χ3v) is 8.50. The van der Waals surface area contributed by atoms with Crippen molar-refractivity contribution >= 4 is 27.5 Å². The molecule has 2 aliphatic heterocycles. The van der Waals surface area contributed by atoms with Crippen LogP contribution in [0, 0.1) is 5.92 Å². The molecule has 0 saturated carbocycles. The minimum Gasteiger partial charge on any atom is -0.342 e.